The maximum atomic E-state index is 15.5. The molecule has 62 heavy (non-hydrogen) atoms. The van der Waals surface area contributed by atoms with Crippen LogP contribution in [0.4, 0.5) is 0 Å². The average molecular weight is 847 g/mol. The predicted molar refractivity (Wildman–Crippen MR) is 240 cm³/mol. The van der Waals surface area contributed by atoms with Gasteiger partial charge in [0.15, 0.2) is 11.6 Å². The SMILES string of the molecule is NCC(=O)NCC(=O)c1c(C(=O)OCc2cccc3c2Cc2ccccc2-3)ccc(CC(N)C(=O)O)c1C(=O)C(CS)NC(c1ccccc1)(c1ccccc1)c1ccccc1. The molecule has 0 aromatic heterocycles. The standard InChI is InChI=1S/C50H46N4O7S/c51-27-44(56)53-28-43(55)46-39(49(60)61-29-33-14-12-22-38-37-21-11-10-13-31(37)25-40(33)38)24-23-32(26-41(52)48(58)59)45(46)47(57)42(30-62)54-50(34-15-4-1-5-16-34,35-17-6-2-7-18-35)36-19-8-3-9-20-36/h1-24,41-42,54,62H,25-30,51-52H2,(H,53,56)(H,58,59). The van der Waals surface area contributed by atoms with Gasteiger partial charge in [0.05, 0.1) is 30.2 Å². The van der Waals surface area contributed by atoms with Crippen LogP contribution >= 0.6 is 12.6 Å². The number of carboxylic acids is 1. The minimum Gasteiger partial charge on any atom is -0.480 e. The molecule has 314 valence electrons. The number of fused-ring (bicyclic) bond motifs is 3. The number of Topliss-reactive ketones (excluding diaryl/α,β-unsaturated/α-hetero) is 2. The molecule has 2 unspecified atom stereocenters. The van der Waals surface area contributed by atoms with Crippen LogP contribution in [0.5, 0.6) is 0 Å². The highest BCUT2D eigenvalue weighted by Gasteiger charge is 2.41. The van der Waals surface area contributed by atoms with E-state index in [-0.39, 0.29) is 41.0 Å². The number of thiol groups is 1. The number of hydrogen-bond donors (Lipinski definition) is 6. The second-order valence-corrected chi connectivity index (χ2v) is 15.4. The number of aliphatic carboxylic acids is 1. The summed E-state index contributed by atoms with van der Waals surface area (Å²) in [5.74, 6) is -4.47. The van der Waals surface area contributed by atoms with Crippen LogP contribution in [-0.4, -0.2) is 65.4 Å². The van der Waals surface area contributed by atoms with Crippen LogP contribution in [-0.2, 0) is 39.3 Å². The lowest BCUT2D eigenvalue weighted by Crippen LogP contribution is -2.53. The van der Waals surface area contributed by atoms with E-state index in [0.717, 1.165) is 44.5 Å². The molecule has 6 aromatic carbocycles. The van der Waals surface area contributed by atoms with E-state index >= 15 is 4.79 Å². The summed E-state index contributed by atoms with van der Waals surface area (Å²) in [5, 5.41) is 16.0. The number of carbonyl (C=O) groups excluding carboxylic acids is 4. The molecule has 2 atom stereocenters. The maximum Gasteiger partial charge on any atom is 0.339 e. The van der Waals surface area contributed by atoms with Crippen LogP contribution in [0.2, 0.25) is 0 Å². The van der Waals surface area contributed by atoms with Gasteiger partial charge in [-0.25, -0.2) is 4.79 Å². The molecule has 0 heterocycles. The second-order valence-electron chi connectivity index (χ2n) is 15.0. The zero-order chi connectivity index (χ0) is 43.8. The lowest BCUT2D eigenvalue weighted by atomic mass is 9.76. The van der Waals surface area contributed by atoms with Crippen molar-refractivity contribution in [1.82, 2.24) is 10.6 Å². The number of esters is 1. The van der Waals surface area contributed by atoms with E-state index in [1.165, 1.54) is 12.1 Å². The van der Waals surface area contributed by atoms with Gasteiger partial charge in [-0.1, -0.05) is 140 Å². The number of rotatable bonds is 18. The Bertz CT molecular complexity index is 2530. The number of nitrogens with one attached hydrogen (secondary N) is 2. The minimum absolute atomic E-state index is 0.104. The first kappa shape index (κ1) is 43.4. The molecule has 11 nitrogen and oxygen atoms in total. The molecule has 1 aliphatic carbocycles. The zero-order valence-electron chi connectivity index (χ0n) is 33.8. The van der Waals surface area contributed by atoms with Crippen molar-refractivity contribution in [2.45, 2.75) is 37.1 Å². The summed E-state index contributed by atoms with van der Waals surface area (Å²) in [6.45, 7) is -1.19. The molecule has 1 amide bonds. The Morgan fingerprint density at radius 3 is 1.87 bits per heavy atom. The van der Waals surface area contributed by atoms with Gasteiger partial charge in [0.25, 0.3) is 0 Å². The fraction of sp³-hybridized carbons (Fsp3) is 0.180. The summed E-state index contributed by atoms with van der Waals surface area (Å²) in [7, 11) is 0. The molecule has 0 fully saturated rings. The Labute approximate surface area is 364 Å². The number of hydrogen-bond acceptors (Lipinski definition) is 10. The molecule has 0 spiro atoms. The van der Waals surface area contributed by atoms with Gasteiger partial charge in [0.1, 0.15) is 12.6 Å². The van der Waals surface area contributed by atoms with Gasteiger partial charge in [-0.05, 0) is 69.0 Å². The molecule has 0 saturated carbocycles. The van der Waals surface area contributed by atoms with Crippen LogP contribution in [0.3, 0.4) is 0 Å². The number of benzene rings is 6. The van der Waals surface area contributed by atoms with Gasteiger partial charge in [0, 0.05) is 16.9 Å². The predicted octanol–water partition coefficient (Wildman–Crippen LogP) is 5.89. The van der Waals surface area contributed by atoms with Crippen molar-refractivity contribution in [3.05, 3.63) is 201 Å². The summed E-state index contributed by atoms with van der Waals surface area (Å²) in [5.41, 5.74) is 17.2. The zero-order valence-corrected chi connectivity index (χ0v) is 34.6. The molecular weight excluding hydrogens is 801 g/mol. The number of amides is 1. The largest absolute Gasteiger partial charge is 0.480 e. The summed E-state index contributed by atoms with van der Waals surface area (Å²) in [6.07, 6.45) is 0.272. The second kappa shape index (κ2) is 19.3. The maximum absolute atomic E-state index is 15.5. The van der Waals surface area contributed by atoms with Gasteiger partial charge in [-0.2, -0.15) is 12.6 Å². The smallest absolute Gasteiger partial charge is 0.339 e. The number of carbonyl (C=O) groups is 5. The number of nitrogens with two attached hydrogens (primary N) is 2. The van der Waals surface area contributed by atoms with Crippen LogP contribution in [0.15, 0.2) is 146 Å². The van der Waals surface area contributed by atoms with Crippen molar-refractivity contribution in [1.29, 1.82) is 0 Å². The van der Waals surface area contributed by atoms with E-state index < -0.39 is 60.1 Å². The van der Waals surface area contributed by atoms with Crippen LogP contribution < -0.4 is 22.1 Å². The number of ether oxygens (including phenoxy) is 1. The molecule has 12 heteroatoms. The third-order valence-corrected chi connectivity index (χ3v) is 11.6. The average Bonchev–Trinajstić information content (AvgIpc) is 3.70. The van der Waals surface area contributed by atoms with E-state index in [1.54, 1.807) is 0 Å². The van der Waals surface area contributed by atoms with E-state index in [4.69, 9.17) is 28.8 Å². The fourth-order valence-electron chi connectivity index (χ4n) is 8.24. The molecule has 6 aromatic rings. The van der Waals surface area contributed by atoms with Crippen molar-refractivity contribution in [2.75, 3.05) is 18.8 Å². The Morgan fingerprint density at radius 1 is 0.710 bits per heavy atom. The van der Waals surface area contributed by atoms with Crippen LogP contribution in [0.25, 0.3) is 11.1 Å². The Balaban J connectivity index is 1.36. The molecule has 7 rings (SSSR count). The van der Waals surface area contributed by atoms with Crippen molar-refractivity contribution in [2.24, 2.45) is 11.5 Å². The fourth-order valence-corrected chi connectivity index (χ4v) is 8.50. The van der Waals surface area contributed by atoms with E-state index in [2.05, 4.69) is 16.7 Å². The summed E-state index contributed by atoms with van der Waals surface area (Å²) >= 11 is 4.70. The lowest BCUT2D eigenvalue weighted by molar-refractivity contribution is -0.138. The Morgan fingerprint density at radius 2 is 1.29 bits per heavy atom. The van der Waals surface area contributed by atoms with Gasteiger partial charge < -0.3 is 26.6 Å². The topological polar surface area (TPSA) is 191 Å². The summed E-state index contributed by atoms with van der Waals surface area (Å²) < 4.78 is 5.95. The van der Waals surface area contributed by atoms with E-state index in [1.807, 2.05) is 127 Å². The highest BCUT2D eigenvalue weighted by molar-refractivity contribution is 7.80. The quantitative estimate of drug-likeness (QED) is 0.0263. The van der Waals surface area contributed by atoms with Crippen molar-refractivity contribution < 1.29 is 33.8 Å². The normalized spacial score (nSPS) is 12.7. The van der Waals surface area contributed by atoms with E-state index in [9.17, 15) is 24.3 Å². The van der Waals surface area contributed by atoms with Crippen molar-refractivity contribution >= 4 is 42.0 Å². The number of ketones is 2. The first-order chi connectivity index (χ1) is 30.1. The lowest BCUT2D eigenvalue weighted by Gasteiger charge is -2.40. The highest BCUT2D eigenvalue weighted by Crippen LogP contribution is 2.40. The molecular formula is C50H46N4O7S. The van der Waals surface area contributed by atoms with Gasteiger partial charge in [-0.15, -0.1) is 0 Å². The molecule has 0 aliphatic heterocycles. The summed E-state index contributed by atoms with van der Waals surface area (Å²) in [6, 6.07) is 42.6. The van der Waals surface area contributed by atoms with Gasteiger partial charge >= 0.3 is 11.9 Å². The van der Waals surface area contributed by atoms with Crippen molar-refractivity contribution in [3.8, 4) is 11.1 Å². The Kier molecular flexibility index (Phi) is 13.5. The Hall–Kier alpha value is -6.70. The third-order valence-electron chi connectivity index (χ3n) is 11.2. The molecule has 0 saturated heterocycles. The van der Waals surface area contributed by atoms with Crippen LogP contribution in [0.1, 0.15) is 70.0 Å². The molecule has 7 N–H and O–H groups in total. The number of carboxylic acid groups (broad SMARTS) is 1. The van der Waals surface area contributed by atoms with Crippen LogP contribution in [0, 0.1) is 0 Å². The third kappa shape index (κ3) is 8.86. The summed E-state index contributed by atoms with van der Waals surface area (Å²) in [4.78, 5) is 68.9. The monoisotopic (exact) mass is 846 g/mol. The molecule has 1 aliphatic rings. The molecule has 0 bridgehead atoms. The van der Waals surface area contributed by atoms with Crippen molar-refractivity contribution in [3.63, 3.8) is 0 Å². The highest BCUT2D eigenvalue weighted by atomic mass is 32.1. The van der Waals surface area contributed by atoms with E-state index in [0.29, 0.717) is 6.42 Å². The molecule has 0 radical (unpaired) electrons. The van der Waals surface area contributed by atoms with Gasteiger partial charge in [0.2, 0.25) is 5.91 Å². The first-order valence-electron chi connectivity index (χ1n) is 20.2. The minimum atomic E-state index is -1.48. The van der Waals surface area contributed by atoms with Gasteiger partial charge in [-0.3, -0.25) is 24.5 Å². The first-order valence-corrected chi connectivity index (χ1v) is 20.8.